The number of nitrogens with zero attached hydrogens (tertiary/aromatic N) is 3. The molecule has 0 spiro atoms. The molecule has 5 heteroatoms. The van der Waals surface area contributed by atoms with Gasteiger partial charge < -0.3 is 4.90 Å². The Kier molecular flexibility index (Phi) is 3.61. The Balaban J connectivity index is 1.68. The molecule has 0 aliphatic carbocycles. The third kappa shape index (κ3) is 2.58. The van der Waals surface area contributed by atoms with Gasteiger partial charge in [-0.2, -0.15) is 5.10 Å². The van der Waals surface area contributed by atoms with Gasteiger partial charge in [-0.3, -0.25) is 14.9 Å². The first kappa shape index (κ1) is 14.6. The number of anilines is 1. The molecular formula is C19H18N4O. The van der Waals surface area contributed by atoms with Crippen LogP contribution in [0.3, 0.4) is 0 Å². The van der Waals surface area contributed by atoms with E-state index in [0.717, 1.165) is 35.3 Å². The number of carbonyl (C=O) groups is 1. The van der Waals surface area contributed by atoms with E-state index in [-0.39, 0.29) is 5.91 Å². The van der Waals surface area contributed by atoms with E-state index in [2.05, 4.69) is 34.2 Å². The molecule has 3 aromatic rings. The van der Waals surface area contributed by atoms with E-state index in [4.69, 9.17) is 0 Å². The fourth-order valence-corrected chi connectivity index (χ4v) is 3.16. The zero-order chi connectivity index (χ0) is 16.5. The zero-order valence-corrected chi connectivity index (χ0v) is 13.5. The van der Waals surface area contributed by atoms with Crippen LogP contribution in [0.1, 0.15) is 28.0 Å². The first-order valence-corrected chi connectivity index (χ1v) is 8.08. The number of fused-ring (bicyclic) bond motifs is 1. The minimum atomic E-state index is -0.0284. The van der Waals surface area contributed by atoms with E-state index in [1.54, 1.807) is 23.5 Å². The van der Waals surface area contributed by atoms with Crippen LogP contribution < -0.4 is 4.90 Å². The molecule has 0 bridgehead atoms. The Bertz CT molecular complexity index is 900. The monoisotopic (exact) mass is 318 g/mol. The SMILES string of the molecule is Cc1cccc(-c2cncc(C(=O)N3CCCc4[nH]ncc43)c2)c1. The van der Waals surface area contributed by atoms with Crippen LogP contribution in [0, 0.1) is 6.92 Å². The van der Waals surface area contributed by atoms with Gasteiger partial charge >= 0.3 is 0 Å². The van der Waals surface area contributed by atoms with Crippen molar-refractivity contribution in [2.45, 2.75) is 19.8 Å². The molecule has 1 amide bonds. The number of H-pyrrole nitrogens is 1. The summed E-state index contributed by atoms with van der Waals surface area (Å²) in [6.07, 6.45) is 7.03. The Hall–Kier alpha value is -2.95. The maximum Gasteiger partial charge on any atom is 0.259 e. The third-order valence-electron chi connectivity index (χ3n) is 4.38. The maximum absolute atomic E-state index is 13.0. The van der Waals surface area contributed by atoms with Crippen molar-refractivity contribution in [3.8, 4) is 11.1 Å². The molecule has 0 atom stereocenters. The van der Waals surface area contributed by atoms with Crippen LogP contribution in [0.4, 0.5) is 5.69 Å². The molecule has 0 radical (unpaired) electrons. The van der Waals surface area contributed by atoms with E-state index in [1.165, 1.54) is 5.56 Å². The quantitative estimate of drug-likeness (QED) is 0.788. The number of hydrogen-bond donors (Lipinski definition) is 1. The summed E-state index contributed by atoms with van der Waals surface area (Å²) in [5.74, 6) is -0.0284. The molecule has 2 aromatic heterocycles. The van der Waals surface area contributed by atoms with Crippen LogP contribution >= 0.6 is 0 Å². The summed E-state index contributed by atoms with van der Waals surface area (Å²) in [5, 5.41) is 7.05. The van der Waals surface area contributed by atoms with Gasteiger partial charge in [-0.1, -0.05) is 29.8 Å². The van der Waals surface area contributed by atoms with Crippen LogP contribution in [-0.4, -0.2) is 27.6 Å². The van der Waals surface area contributed by atoms with Crippen molar-refractivity contribution in [2.75, 3.05) is 11.4 Å². The van der Waals surface area contributed by atoms with E-state index in [9.17, 15) is 4.79 Å². The summed E-state index contributed by atoms with van der Waals surface area (Å²) in [4.78, 5) is 19.0. The average Bonchev–Trinajstić information content (AvgIpc) is 3.10. The highest BCUT2D eigenvalue weighted by atomic mass is 16.2. The van der Waals surface area contributed by atoms with Gasteiger partial charge in [-0.05, 0) is 31.4 Å². The second-order valence-electron chi connectivity index (χ2n) is 6.13. The highest BCUT2D eigenvalue weighted by Gasteiger charge is 2.25. The fourth-order valence-electron chi connectivity index (χ4n) is 3.16. The molecule has 0 saturated carbocycles. The van der Waals surface area contributed by atoms with Crippen LogP contribution in [0.5, 0.6) is 0 Å². The molecule has 120 valence electrons. The number of aryl methyl sites for hydroxylation is 2. The molecule has 5 nitrogen and oxygen atoms in total. The standard InChI is InChI=1S/C19H18N4O/c1-13-4-2-5-14(8-13)15-9-16(11-20-10-15)19(24)23-7-3-6-17-18(23)12-21-22-17/h2,4-5,8-12H,3,6-7H2,1H3,(H,21,22). The fraction of sp³-hybridized carbons (Fsp3) is 0.211. The van der Waals surface area contributed by atoms with Gasteiger partial charge in [-0.25, -0.2) is 0 Å². The lowest BCUT2D eigenvalue weighted by atomic mass is 10.0. The molecule has 0 unspecified atom stereocenters. The Morgan fingerprint density at radius 2 is 2.08 bits per heavy atom. The van der Waals surface area contributed by atoms with Gasteiger partial charge in [-0.15, -0.1) is 0 Å². The zero-order valence-electron chi connectivity index (χ0n) is 13.5. The van der Waals surface area contributed by atoms with Crippen LogP contribution in [0.2, 0.25) is 0 Å². The number of benzene rings is 1. The highest BCUT2D eigenvalue weighted by Crippen LogP contribution is 2.27. The summed E-state index contributed by atoms with van der Waals surface area (Å²) >= 11 is 0. The smallest absolute Gasteiger partial charge is 0.259 e. The summed E-state index contributed by atoms with van der Waals surface area (Å²) < 4.78 is 0. The van der Waals surface area contributed by atoms with Gasteiger partial charge in [0, 0.05) is 24.5 Å². The second kappa shape index (κ2) is 5.92. The summed E-state index contributed by atoms with van der Waals surface area (Å²) in [7, 11) is 0. The molecule has 3 heterocycles. The lowest BCUT2D eigenvalue weighted by Gasteiger charge is -2.26. The Morgan fingerprint density at radius 1 is 1.17 bits per heavy atom. The summed E-state index contributed by atoms with van der Waals surface area (Å²) in [5.41, 5.74) is 5.71. The van der Waals surface area contributed by atoms with Crippen molar-refractivity contribution in [3.63, 3.8) is 0 Å². The van der Waals surface area contributed by atoms with Crippen molar-refractivity contribution >= 4 is 11.6 Å². The van der Waals surface area contributed by atoms with Crippen molar-refractivity contribution in [1.29, 1.82) is 0 Å². The minimum absolute atomic E-state index is 0.0284. The maximum atomic E-state index is 13.0. The Morgan fingerprint density at radius 3 is 2.96 bits per heavy atom. The molecule has 1 aliphatic heterocycles. The molecule has 4 rings (SSSR count). The predicted octanol–water partition coefficient (Wildman–Crippen LogP) is 3.37. The number of amides is 1. The van der Waals surface area contributed by atoms with Gasteiger partial charge in [0.05, 0.1) is 23.1 Å². The molecular weight excluding hydrogens is 300 g/mol. The molecule has 1 N–H and O–H groups in total. The summed E-state index contributed by atoms with van der Waals surface area (Å²) in [6, 6.07) is 10.1. The molecule has 1 aliphatic rings. The number of aromatic amines is 1. The van der Waals surface area contributed by atoms with E-state index < -0.39 is 0 Å². The van der Waals surface area contributed by atoms with E-state index >= 15 is 0 Å². The molecule has 0 saturated heterocycles. The number of hydrogen-bond acceptors (Lipinski definition) is 3. The molecule has 0 fully saturated rings. The van der Waals surface area contributed by atoms with E-state index in [1.807, 2.05) is 18.2 Å². The van der Waals surface area contributed by atoms with Gasteiger partial charge in [0.1, 0.15) is 0 Å². The van der Waals surface area contributed by atoms with Crippen molar-refractivity contribution in [2.24, 2.45) is 0 Å². The van der Waals surface area contributed by atoms with Gasteiger partial charge in [0.25, 0.3) is 5.91 Å². The second-order valence-corrected chi connectivity index (χ2v) is 6.13. The molecule has 24 heavy (non-hydrogen) atoms. The van der Waals surface area contributed by atoms with Gasteiger partial charge in [0.15, 0.2) is 0 Å². The lowest BCUT2D eigenvalue weighted by molar-refractivity contribution is 0.0985. The third-order valence-corrected chi connectivity index (χ3v) is 4.38. The number of aromatic nitrogens is 3. The topological polar surface area (TPSA) is 61.9 Å². The van der Waals surface area contributed by atoms with Gasteiger partial charge in [0.2, 0.25) is 0 Å². The first-order valence-electron chi connectivity index (χ1n) is 8.08. The van der Waals surface area contributed by atoms with Crippen LogP contribution in [0.15, 0.2) is 48.9 Å². The predicted molar refractivity (Wildman–Crippen MR) is 93.0 cm³/mol. The normalized spacial score (nSPS) is 13.6. The minimum Gasteiger partial charge on any atom is -0.305 e. The van der Waals surface area contributed by atoms with E-state index in [0.29, 0.717) is 12.1 Å². The largest absolute Gasteiger partial charge is 0.305 e. The lowest BCUT2D eigenvalue weighted by Crippen LogP contribution is -2.35. The number of rotatable bonds is 2. The molecule has 1 aromatic carbocycles. The Labute approximate surface area is 140 Å². The van der Waals surface area contributed by atoms with Crippen LogP contribution in [0.25, 0.3) is 11.1 Å². The number of nitrogens with one attached hydrogen (secondary N) is 1. The summed E-state index contributed by atoms with van der Waals surface area (Å²) in [6.45, 7) is 2.76. The van der Waals surface area contributed by atoms with Crippen molar-refractivity contribution in [1.82, 2.24) is 15.2 Å². The van der Waals surface area contributed by atoms with Crippen molar-refractivity contribution in [3.05, 3.63) is 65.7 Å². The first-order chi connectivity index (χ1) is 11.7. The highest BCUT2D eigenvalue weighted by molar-refractivity contribution is 6.07. The number of pyridine rings is 1. The van der Waals surface area contributed by atoms with Crippen LogP contribution in [-0.2, 0) is 6.42 Å². The van der Waals surface area contributed by atoms with Crippen molar-refractivity contribution < 1.29 is 4.79 Å². The average molecular weight is 318 g/mol. The number of carbonyl (C=O) groups excluding carboxylic acids is 1.